The molecule has 1 heterocycles. The van der Waals surface area contributed by atoms with Crippen molar-refractivity contribution in [3.05, 3.63) is 0 Å². The summed E-state index contributed by atoms with van der Waals surface area (Å²) in [6.45, 7) is 12.2. The number of nitrogens with one attached hydrogen (secondary N) is 1. The number of nitrogens with zero attached hydrogens (tertiary/aromatic N) is 2. The van der Waals surface area contributed by atoms with Crippen LogP contribution in [0.5, 0.6) is 0 Å². The van der Waals surface area contributed by atoms with Crippen LogP contribution in [0, 0.1) is 11.3 Å². The van der Waals surface area contributed by atoms with E-state index in [1.54, 1.807) is 0 Å². The standard InChI is InChI=1S/C16H31N3/c1-5-11-18-16(4,14-17)10-6-7-12-19-13-8-9-15(19,2)3/h18H,5-13H2,1-4H3. The summed E-state index contributed by atoms with van der Waals surface area (Å²) in [5.41, 5.74) is 0.0511. The molecule has 0 amide bonds. The van der Waals surface area contributed by atoms with Crippen LogP contribution in [-0.2, 0) is 0 Å². The van der Waals surface area contributed by atoms with Crippen LogP contribution in [0.2, 0.25) is 0 Å². The maximum absolute atomic E-state index is 9.28. The molecule has 1 saturated heterocycles. The SMILES string of the molecule is CCCNC(C)(C#N)CCCCN1CCCC1(C)C. The van der Waals surface area contributed by atoms with Crippen LogP contribution in [-0.4, -0.2) is 35.6 Å². The van der Waals surface area contributed by atoms with Crippen molar-refractivity contribution in [2.24, 2.45) is 0 Å². The Bertz CT molecular complexity index is 306. The van der Waals surface area contributed by atoms with Gasteiger partial charge in [0.2, 0.25) is 0 Å². The highest BCUT2D eigenvalue weighted by atomic mass is 15.2. The van der Waals surface area contributed by atoms with Crippen molar-refractivity contribution < 1.29 is 0 Å². The van der Waals surface area contributed by atoms with E-state index < -0.39 is 0 Å². The molecule has 3 heteroatoms. The topological polar surface area (TPSA) is 39.1 Å². The molecule has 0 aromatic rings. The summed E-state index contributed by atoms with van der Waals surface area (Å²) in [6, 6.07) is 2.43. The molecule has 1 atom stereocenters. The van der Waals surface area contributed by atoms with Gasteiger partial charge in [-0.25, -0.2) is 0 Å². The predicted octanol–water partition coefficient (Wildman–Crippen LogP) is 3.31. The first-order valence-corrected chi connectivity index (χ1v) is 7.85. The van der Waals surface area contributed by atoms with Gasteiger partial charge in [-0.15, -0.1) is 0 Å². The van der Waals surface area contributed by atoms with E-state index in [0.29, 0.717) is 5.54 Å². The van der Waals surface area contributed by atoms with E-state index in [9.17, 15) is 5.26 Å². The molecule has 0 spiro atoms. The fourth-order valence-electron chi connectivity index (χ4n) is 2.94. The fraction of sp³-hybridized carbons (Fsp3) is 0.938. The maximum Gasteiger partial charge on any atom is 0.103 e. The Labute approximate surface area is 119 Å². The number of rotatable bonds is 8. The third kappa shape index (κ3) is 5.12. The second kappa shape index (κ2) is 7.26. The summed E-state index contributed by atoms with van der Waals surface area (Å²) in [6.07, 6.45) is 7.03. The van der Waals surface area contributed by atoms with Crippen LogP contribution in [0.15, 0.2) is 0 Å². The van der Waals surface area contributed by atoms with Gasteiger partial charge in [0.25, 0.3) is 0 Å². The molecule has 1 aliphatic rings. The summed E-state index contributed by atoms with van der Waals surface area (Å²) >= 11 is 0. The lowest BCUT2D eigenvalue weighted by atomic mass is 9.96. The Morgan fingerprint density at radius 3 is 2.63 bits per heavy atom. The van der Waals surface area contributed by atoms with E-state index in [4.69, 9.17) is 0 Å². The molecule has 19 heavy (non-hydrogen) atoms. The summed E-state index contributed by atoms with van der Waals surface area (Å²) in [5.74, 6) is 0. The molecule has 0 aliphatic carbocycles. The van der Waals surface area contributed by atoms with Crippen LogP contribution < -0.4 is 5.32 Å². The first kappa shape index (κ1) is 16.5. The number of nitriles is 1. The summed E-state index contributed by atoms with van der Waals surface area (Å²) in [7, 11) is 0. The molecule has 0 aromatic heterocycles. The quantitative estimate of drug-likeness (QED) is 0.684. The van der Waals surface area contributed by atoms with Gasteiger partial charge in [0, 0.05) is 5.54 Å². The molecule has 0 bridgehead atoms. The normalized spacial score (nSPS) is 22.1. The van der Waals surface area contributed by atoms with Crippen LogP contribution in [0.3, 0.4) is 0 Å². The van der Waals surface area contributed by atoms with E-state index in [1.807, 2.05) is 6.92 Å². The van der Waals surface area contributed by atoms with Gasteiger partial charge in [-0.05, 0) is 78.9 Å². The van der Waals surface area contributed by atoms with E-state index in [0.717, 1.165) is 25.8 Å². The van der Waals surface area contributed by atoms with Crippen molar-refractivity contribution in [2.75, 3.05) is 19.6 Å². The summed E-state index contributed by atoms with van der Waals surface area (Å²) in [5, 5.41) is 12.6. The molecular weight excluding hydrogens is 234 g/mol. The monoisotopic (exact) mass is 265 g/mol. The summed E-state index contributed by atoms with van der Waals surface area (Å²) in [4.78, 5) is 2.61. The molecule has 1 unspecified atom stereocenters. The average molecular weight is 265 g/mol. The number of likely N-dealkylation sites (tertiary alicyclic amines) is 1. The first-order valence-electron chi connectivity index (χ1n) is 7.85. The van der Waals surface area contributed by atoms with Crippen molar-refractivity contribution in [1.29, 1.82) is 5.26 Å². The Morgan fingerprint density at radius 2 is 2.11 bits per heavy atom. The van der Waals surface area contributed by atoms with Gasteiger partial charge in [0.1, 0.15) is 5.54 Å². The van der Waals surface area contributed by atoms with Crippen molar-refractivity contribution in [1.82, 2.24) is 10.2 Å². The zero-order valence-corrected chi connectivity index (χ0v) is 13.3. The van der Waals surface area contributed by atoms with E-state index in [-0.39, 0.29) is 5.54 Å². The van der Waals surface area contributed by atoms with Crippen LogP contribution in [0.25, 0.3) is 0 Å². The highest BCUT2D eigenvalue weighted by Crippen LogP contribution is 2.28. The molecule has 0 radical (unpaired) electrons. The molecule has 3 nitrogen and oxygen atoms in total. The summed E-state index contributed by atoms with van der Waals surface area (Å²) < 4.78 is 0. The molecule has 1 aliphatic heterocycles. The zero-order valence-electron chi connectivity index (χ0n) is 13.3. The minimum Gasteiger partial charge on any atom is -0.300 e. The maximum atomic E-state index is 9.28. The van der Waals surface area contributed by atoms with Gasteiger partial charge in [-0.3, -0.25) is 10.2 Å². The Morgan fingerprint density at radius 1 is 1.37 bits per heavy atom. The first-order chi connectivity index (χ1) is 8.93. The van der Waals surface area contributed by atoms with Gasteiger partial charge in [-0.1, -0.05) is 6.92 Å². The van der Waals surface area contributed by atoms with Crippen LogP contribution in [0.4, 0.5) is 0 Å². The molecule has 1 N–H and O–H groups in total. The minimum atomic E-state index is -0.337. The molecular formula is C16H31N3. The average Bonchev–Trinajstić information content (AvgIpc) is 2.71. The Kier molecular flexibility index (Phi) is 6.29. The smallest absolute Gasteiger partial charge is 0.103 e. The van der Waals surface area contributed by atoms with Gasteiger partial charge in [0.15, 0.2) is 0 Å². The van der Waals surface area contributed by atoms with E-state index in [1.165, 1.54) is 32.4 Å². The zero-order chi connectivity index (χ0) is 14.4. The number of hydrogen-bond acceptors (Lipinski definition) is 3. The highest BCUT2D eigenvalue weighted by Gasteiger charge is 2.31. The highest BCUT2D eigenvalue weighted by molar-refractivity contribution is 5.03. The minimum absolute atomic E-state index is 0.337. The third-order valence-electron chi connectivity index (χ3n) is 4.44. The van der Waals surface area contributed by atoms with Crippen LogP contribution >= 0.6 is 0 Å². The second-order valence-electron chi connectivity index (χ2n) is 6.73. The van der Waals surface area contributed by atoms with Crippen molar-refractivity contribution in [3.63, 3.8) is 0 Å². The van der Waals surface area contributed by atoms with Crippen molar-refractivity contribution in [2.45, 2.75) is 77.3 Å². The lowest BCUT2D eigenvalue weighted by Crippen LogP contribution is -2.42. The van der Waals surface area contributed by atoms with Gasteiger partial charge in [-0.2, -0.15) is 5.26 Å². The molecule has 0 saturated carbocycles. The second-order valence-corrected chi connectivity index (χ2v) is 6.73. The van der Waals surface area contributed by atoms with Gasteiger partial charge in [0.05, 0.1) is 6.07 Å². The molecule has 110 valence electrons. The van der Waals surface area contributed by atoms with E-state index in [2.05, 4.69) is 37.1 Å². The number of hydrogen-bond donors (Lipinski definition) is 1. The fourth-order valence-corrected chi connectivity index (χ4v) is 2.94. The lowest BCUT2D eigenvalue weighted by Gasteiger charge is -2.32. The lowest BCUT2D eigenvalue weighted by molar-refractivity contribution is 0.170. The van der Waals surface area contributed by atoms with Crippen molar-refractivity contribution >= 4 is 0 Å². The van der Waals surface area contributed by atoms with Crippen molar-refractivity contribution in [3.8, 4) is 6.07 Å². The molecule has 1 fully saturated rings. The Hall–Kier alpha value is -0.590. The molecule has 1 rings (SSSR count). The van der Waals surface area contributed by atoms with Gasteiger partial charge >= 0.3 is 0 Å². The largest absolute Gasteiger partial charge is 0.300 e. The molecule has 0 aromatic carbocycles. The predicted molar refractivity (Wildman–Crippen MR) is 81.0 cm³/mol. The Balaban J connectivity index is 2.24. The van der Waals surface area contributed by atoms with E-state index >= 15 is 0 Å². The van der Waals surface area contributed by atoms with Gasteiger partial charge < -0.3 is 0 Å². The van der Waals surface area contributed by atoms with Crippen LogP contribution in [0.1, 0.15) is 66.2 Å². The number of unbranched alkanes of at least 4 members (excludes halogenated alkanes) is 1. The third-order valence-corrected chi connectivity index (χ3v) is 4.44.